The fraction of sp³-hybridized carbons (Fsp3) is 0.375. The van der Waals surface area contributed by atoms with Crippen LogP contribution in [0.25, 0.3) is 0 Å². The molecular formula is C24H24ClF2N5O5. The minimum Gasteiger partial charge on any atom is -0.488 e. The second-order valence-electron chi connectivity index (χ2n) is 8.58. The quantitative estimate of drug-likeness (QED) is 0.525. The molecule has 3 amide bonds. The van der Waals surface area contributed by atoms with E-state index >= 15 is 0 Å². The van der Waals surface area contributed by atoms with Crippen LogP contribution in [0.15, 0.2) is 53.8 Å². The number of hydrogen-bond acceptors (Lipinski definition) is 7. The number of benzene rings is 1. The van der Waals surface area contributed by atoms with Crippen LogP contribution in [0.4, 0.5) is 13.6 Å². The van der Waals surface area contributed by atoms with Gasteiger partial charge in [0, 0.05) is 37.8 Å². The Labute approximate surface area is 216 Å². The molecule has 2 aromatic rings. The molecule has 13 heteroatoms. The summed E-state index contributed by atoms with van der Waals surface area (Å²) < 4.78 is 36.9. The third-order valence-corrected chi connectivity index (χ3v) is 6.42. The summed E-state index contributed by atoms with van der Waals surface area (Å²) >= 11 is 6.10. The third-order valence-electron chi connectivity index (χ3n) is 6.11. The molecule has 0 bridgehead atoms. The number of primary amides is 1. The number of para-hydroxylation sites is 1. The number of pyridine rings is 1. The van der Waals surface area contributed by atoms with Crippen LogP contribution < -0.4 is 10.5 Å². The standard InChI is InChI=1S/C24H24ClF2N5O5/c25-16-6-1-2-7-17(16)36-13-18(37-23(28)35)21(33)31-10-8-19-24(14-31,11-15-5-3-4-9-29-15)22(34)32(30-19)12-20(26)27/h1-7,9,18,20H,8,10-14H2,(H2,28,35)/t18?,24-/m1/s1. The van der Waals surface area contributed by atoms with Gasteiger partial charge in [-0.3, -0.25) is 14.6 Å². The highest BCUT2D eigenvalue weighted by Gasteiger charge is 2.55. The van der Waals surface area contributed by atoms with E-state index in [1.165, 1.54) is 4.90 Å². The number of hydrogen-bond donors (Lipinski definition) is 1. The summed E-state index contributed by atoms with van der Waals surface area (Å²) in [6.45, 7) is -1.31. The number of nitrogens with zero attached hydrogens (tertiary/aromatic N) is 4. The Morgan fingerprint density at radius 1 is 1.19 bits per heavy atom. The van der Waals surface area contributed by atoms with Crippen LogP contribution in [-0.4, -0.2) is 77.3 Å². The fourth-order valence-electron chi connectivity index (χ4n) is 4.47. The Bertz CT molecular complexity index is 1200. The first-order valence-electron chi connectivity index (χ1n) is 11.4. The van der Waals surface area contributed by atoms with Gasteiger partial charge < -0.3 is 20.1 Å². The molecule has 2 aliphatic heterocycles. The number of aromatic nitrogens is 1. The SMILES string of the molecule is NC(=O)OC(COc1ccccc1Cl)C(=O)N1CCC2=NN(CC(F)F)C(=O)[C@]2(Cc2ccccn2)C1. The lowest BCUT2D eigenvalue weighted by molar-refractivity contribution is -0.147. The molecule has 2 aliphatic rings. The summed E-state index contributed by atoms with van der Waals surface area (Å²) in [6, 6.07) is 11.7. The maximum absolute atomic E-state index is 13.5. The summed E-state index contributed by atoms with van der Waals surface area (Å²) in [5.41, 5.74) is 4.72. The predicted molar refractivity (Wildman–Crippen MR) is 128 cm³/mol. The molecule has 0 spiro atoms. The van der Waals surface area contributed by atoms with Gasteiger partial charge in [-0.25, -0.2) is 18.6 Å². The molecule has 1 fully saturated rings. The molecule has 37 heavy (non-hydrogen) atoms. The van der Waals surface area contributed by atoms with Crippen LogP contribution in [0.2, 0.25) is 5.02 Å². The van der Waals surface area contributed by atoms with Crippen LogP contribution in [0.5, 0.6) is 5.75 Å². The largest absolute Gasteiger partial charge is 0.488 e. The second-order valence-corrected chi connectivity index (χ2v) is 8.99. The van der Waals surface area contributed by atoms with E-state index in [-0.39, 0.29) is 43.3 Å². The average Bonchev–Trinajstić information content (AvgIpc) is 3.12. The molecule has 0 saturated carbocycles. The fourth-order valence-corrected chi connectivity index (χ4v) is 4.66. The number of likely N-dealkylation sites (tertiary alicyclic amines) is 1. The normalized spacial score (nSPS) is 19.9. The van der Waals surface area contributed by atoms with Crippen LogP contribution >= 0.6 is 11.6 Å². The number of halogens is 3. The number of ether oxygens (including phenoxy) is 2. The summed E-state index contributed by atoms with van der Waals surface area (Å²) in [6.07, 6.45) is -3.66. The van der Waals surface area contributed by atoms with Crippen molar-refractivity contribution in [1.29, 1.82) is 0 Å². The summed E-state index contributed by atoms with van der Waals surface area (Å²) in [7, 11) is 0. The third kappa shape index (κ3) is 5.79. The van der Waals surface area contributed by atoms with E-state index < -0.39 is 42.4 Å². The van der Waals surface area contributed by atoms with E-state index in [1.807, 2.05) is 0 Å². The molecule has 3 heterocycles. The summed E-state index contributed by atoms with van der Waals surface area (Å²) in [5.74, 6) is -1.04. The molecular weight excluding hydrogens is 512 g/mol. The van der Waals surface area contributed by atoms with Gasteiger partial charge in [-0.05, 0) is 24.3 Å². The Morgan fingerprint density at radius 2 is 1.95 bits per heavy atom. The lowest BCUT2D eigenvalue weighted by atomic mass is 9.74. The molecule has 1 aromatic heterocycles. The Hall–Kier alpha value is -3.80. The number of piperidine rings is 1. The Morgan fingerprint density at radius 3 is 2.62 bits per heavy atom. The van der Waals surface area contributed by atoms with E-state index in [4.69, 9.17) is 26.8 Å². The van der Waals surface area contributed by atoms with Gasteiger partial charge in [0.2, 0.25) is 6.10 Å². The molecule has 0 radical (unpaired) electrons. The van der Waals surface area contributed by atoms with Crippen LogP contribution in [-0.2, 0) is 20.7 Å². The first kappa shape index (κ1) is 26.3. The first-order valence-corrected chi connectivity index (χ1v) is 11.8. The zero-order chi connectivity index (χ0) is 26.6. The van der Waals surface area contributed by atoms with Gasteiger partial charge in [0.25, 0.3) is 18.2 Å². The number of rotatable bonds is 9. The van der Waals surface area contributed by atoms with Crippen LogP contribution in [0.3, 0.4) is 0 Å². The van der Waals surface area contributed by atoms with Crippen LogP contribution in [0, 0.1) is 5.41 Å². The topological polar surface area (TPSA) is 127 Å². The van der Waals surface area contributed by atoms with Crippen molar-refractivity contribution in [3.05, 3.63) is 59.4 Å². The van der Waals surface area contributed by atoms with E-state index in [1.54, 1.807) is 48.7 Å². The number of fused-ring (bicyclic) bond motifs is 1. The minimum atomic E-state index is -2.78. The molecule has 1 saturated heterocycles. The smallest absolute Gasteiger partial charge is 0.405 e. The highest BCUT2D eigenvalue weighted by molar-refractivity contribution is 6.32. The minimum absolute atomic E-state index is 0.0481. The number of carbonyl (C=O) groups is 3. The molecule has 0 aliphatic carbocycles. The number of alkyl halides is 2. The number of carbonyl (C=O) groups excluding carboxylic acids is 3. The maximum Gasteiger partial charge on any atom is 0.405 e. The average molecular weight is 536 g/mol. The number of nitrogens with two attached hydrogens (primary N) is 1. The highest BCUT2D eigenvalue weighted by Crippen LogP contribution is 2.39. The van der Waals surface area contributed by atoms with Crippen LogP contribution in [0.1, 0.15) is 12.1 Å². The second kappa shape index (κ2) is 11.1. The summed E-state index contributed by atoms with van der Waals surface area (Å²) in [4.78, 5) is 44.0. The van der Waals surface area contributed by atoms with Gasteiger partial charge in [0.15, 0.2) is 0 Å². The number of amides is 3. The molecule has 2 atom stereocenters. The first-order chi connectivity index (χ1) is 17.7. The van der Waals surface area contributed by atoms with Crippen molar-refractivity contribution >= 4 is 35.2 Å². The maximum atomic E-state index is 13.5. The van der Waals surface area contributed by atoms with Crippen molar-refractivity contribution in [2.75, 3.05) is 26.2 Å². The summed E-state index contributed by atoms with van der Waals surface area (Å²) in [5, 5.41) is 5.23. The lowest BCUT2D eigenvalue weighted by Crippen LogP contribution is -2.58. The van der Waals surface area contributed by atoms with Crippen molar-refractivity contribution in [3.8, 4) is 5.75 Å². The van der Waals surface area contributed by atoms with Crippen molar-refractivity contribution in [2.24, 2.45) is 16.3 Å². The van der Waals surface area contributed by atoms with Gasteiger partial charge in [-0.2, -0.15) is 5.10 Å². The van der Waals surface area contributed by atoms with Gasteiger partial charge in [-0.15, -0.1) is 0 Å². The van der Waals surface area contributed by atoms with E-state index in [0.717, 1.165) is 5.01 Å². The van der Waals surface area contributed by atoms with E-state index in [9.17, 15) is 23.2 Å². The zero-order valence-electron chi connectivity index (χ0n) is 19.6. The van der Waals surface area contributed by atoms with Gasteiger partial charge in [-0.1, -0.05) is 29.8 Å². The van der Waals surface area contributed by atoms with Crippen molar-refractivity contribution in [2.45, 2.75) is 25.4 Å². The van der Waals surface area contributed by atoms with Crippen molar-refractivity contribution < 1.29 is 32.6 Å². The molecule has 1 aromatic carbocycles. The van der Waals surface area contributed by atoms with E-state index in [2.05, 4.69) is 10.1 Å². The van der Waals surface area contributed by atoms with Gasteiger partial charge in [0.05, 0.1) is 10.7 Å². The molecule has 196 valence electrons. The lowest BCUT2D eigenvalue weighted by Gasteiger charge is -2.40. The Balaban J connectivity index is 1.58. The van der Waals surface area contributed by atoms with Crippen molar-refractivity contribution in [3.63, 3.8) is 0 Å². The monoisotopic (exact) mass is 535 g/mol. The zero-order valence-corrected chi connectivity index (χ0v) is 20.3. The predicted octanol–water partition coefficient (Wildman–Crippen LogP) is 2.50. The van der Waals surface area contributed by atoms with E-state index in [0.29, 0.717) is 11.4 Å². The molecule has 1 unspecified atom stereocenters. The van der Waals surface area contributed by atoms with Gasteiger partial charge in [0.1, 0.15) is 24.3 Å². The van der Waals surface area contributed by atoms with Crippen molar-refractivity contribution in [1.82, 2.24) is 14.9 Å². The molecule has 10 nitrogen and oxygen atoms in total. The molecule has 2 N–H and O–H groups in total. The molecule has 4 rings (SSSR count). The Kier molecular flexibility index (Phi) is 7.86. The van der Waals surface area contributed by atoms with Gasteiger partial charge >= 0.3 is 6.09 Å². The highest BCUT2D eigenvalue weighted by atomic mass is 35.5. The number of hydrazone groups is 1.